The van der Waals surface area contributed by atoms with Gasteiger partial charge in [-0.15, -0.1) is 11.6 Å². The first-order valence-electron chi connectivity index (χ1n) is 17.7. The van der Waals surface area contributed by atoms with E-state index < -0.39 is 0 Å². The normalized spacial score (nSPS) is 17.2. The molecular formula is C42H40ClN5O5. The van der Waals surface area contributed by atoms with Crippen molar-refractivity contribution in [2.75, 3.05) is 42.5 Å². The average molecular weight is 730 g/mol. The van der Waals surface area contributed by atoms with Crippen LogP contribution in [0.4, 0.5) is 22.7 Å². The van der Waals surface area contributed by atoms with Gasteiger partial charge in [0.25, 0.3) is 5.91 Å². The molecule has 270 valence electrons. The lowest BCUT2D eigenvalue weighted by Crippen LogP contribution is -2.44. The molecule has 0 saturated carbocycles. The first kappa shape index (κ1) is 34.5. The van der Waals surface area contributed by atoms with E-state index in [9.17, 15) is 9.59 Å². The highest BCUT2D eigenvalue weighted by Gasteiger charge is 2.35. The molecule has 53 heavy (non-hydrogen) atoms. The number of methoxy groups -OCH3 is 1. The Balaban J connectivity index is 0.907. The van der Waals surface area contributed by atoms with Gasteiger partial charge in [0.15, 0.2) is 11.5 Å². The molecule has 3 aliphatic rings. The third kappa shape index (κ3) is 6.64. The summed E-state index contributed by atoms with van der Waals surface area (Å²) in [6, 6.07) is 27.0. The van der Waals surface area contributed by atoms with Crippen LogP contribution in [0.15, 0.2) is 89.9 Å². The van der Waals surface area contributed by atoms with Gasteiger partial charge in [-0.2, -0.15) is 0 Å². The molecular weight excluding hydrogens is 690 g/mol. The van der Waals surface area contributed by atoms with E-state index in [1.807, 2.05) is 71.8 Å². The van der Waals surface area contributed by atoms with Crippen molar-refractivity contribution in [1.82, 2.24) is 4.90 Å². The summed E-state index contributed by atoms with van der Waals surface area (Å²) >= 11 is 6.37. The minimum atomic E-state index is -0.133. The Bertz CT molecular complexity index is 2280. The molecule has 8 rings (SSSR count). The van der Waals surface area contributed by atoms with Gasteiger partial charge in [0.1, 0.15) is 6.61 Å². The number of rotatable bonds is 10. The summed E-state index contributed by atoms with van der Waals surface area (Å²) in [5.41, 5.74) is 20.8. The maximum Gasteiger partial charge on any atom is 0.257 e. The van der Waals surface area contributed by atoms with Gasteiger partial charge in [-0.1, -0.05) is 48.5 Å². The first-order valence-corrected chi connectivity index (χ1v) is 18.2. The molecule has 0 fully saturated rings. The molecule has 5 aromatic rings. The second-order valence-corrected chi connectivity index (χ2v) is 14.1. The van der Waals surface area contributed by atoms with Gasteiger partial charge >= 0.3 is 0 Å². The molecule has 4 N–H and O–H groups in total. The van der Waals surface area contributed by atoms with Crippen LogP contribution in [0.5, 0.6) is 11.5 Å². The smallest absolute Gasteiger partial charge is 0.257 e. The highest BCUT2D eigenvalue weighted by molar-refractivity contribution is 6.19. The number of nitrogens with two attached hydrogens (primary N) is 2. The number of halogens is 1. The van der Waals surface area contributed by atoms with E-state index in [1.165, 1.54) is 5.56 Å². The fourth-order valence-corrected chi connectivity index (χ4v) is 8.01. The van der Waals surface area contributed by atoms with Crippen LogP contribution in [0.25, 0.3) is 10.8 Å². The zero-order valence-corrected chi connectivity index (χ0v) is 30.1. The van der Waals surface area contributed by atoms with Crippen LogP contribution in [-0.2, 0) is 35.7 Å². The predicted octanol–water partition coefficient (Wildman–Crippen LogP) is 7.15. The van der Waals surface area contributed by atoms with Crippen molar-refractivity contribution >= 4 is 63.2 Å². The van der Waals surface area contributed by atoms with Crippen molar-refractivity contribution in [3.63, 3.8) is 0 Å². The van der Waals surface area contributed by atoms with Gasteiger partial charge < -0.3 is 35.5 Å². The van der Waals surface area contributed by atoms with E-state index >= 15 is 0 Å². The van der Waals surface area contributed by atoms with Gasteiger partial charge in [-0.3, -0.25) is 14.6 Å². The topological polar surface area (TPSA) is 133 Å². The molecule has 0 aromatic heterocycles. The molecule has 2 amide bonds. The lowest BCUT2D eigenvalue weighted by Gasteiger charge is -2.34. The monoisotopic (exact) mass is 729 g/mol. The minimum Gasteiger partial charge on any atom is -0.493 e. The quantitative estimate of drug-likeness (QED) is 0.0887. The van der Waals surface area contributed by atoms with Crippen LogP contribution in [-0.4, -0.2) is 55.1 Å². The Morgan fingerprint density at radius 1 is 0.925 bits per heavy atom. The third-order valence-electron chi connectivity index (χ3n) is 10.3. The molecule has 3 heterocycles. The molecule has 3 aliphatic heterocycles. The number of anilines is 3. The van der Waals surface area contributed by atoms with Crippen molar-refractivity contribution in [2.45, 2.75) is 44.6 Å². The number of alkyl halides is 1. The Morgan fingerprint density at radius 2 is 1.68 bits per heavy atom. The Labute approximate surface area is 312 Å². The highest BCUT2D eigenvalue weighted by Crippen LogP contribution is 2.44. The average Bonchev–Trinajstić information content (AvgIpc) is 3.49. The van der Waals surface area contributed by atoms with Crippen LogP contribution in [0, 0.1) is 0 Å². The van der Waals surface area contributed by atoms with Crippen molar-refractivity contribution in [1.29, 1.82) is 0 Å². The number of ether oxygens (including phenoxy) is 3. The maximum absolute atomic E-state index is 13.8. The van der Waals surface area contributed by atoms with Crippen molar-refractivity contribution in [3.05, 3.63) is 118 Å². The van der Waals surface area contributed by atoms with Crippen LogP contribution in [0.3, 0.4) is 0 Å². The lowest BCUT2D eigenvalue weighted by atomic mass is 9.94. The summed E-state index contributed by atoms with van der Waals surface area (Å²) in [6.07, 6.45) is 2.77. The Hall–Kier alpha value is -5.58. The molecule has 2 atom stereocenters. The number of nitrogen functional groups attached to an aromatic ring is 2. The molecule has 0 bridgehead atoms. The summed E-state index contributed by atoms with van der Waals surface area (Å²) in [5.74, 6) is 1.20. The van der Waals surface area contributed by atoms with E-state index in [1.54, 1.807) is 24.1 Å². The molecule has 0 saturated heterocycles. The van der Waals surface area contributed by atoms with Crippen molar-refractivity contribution in [2.24, 2.45) is 4.99 Å². The van der Waals surface area contributed by atoms with Crippen LogP contribution >= 0.6 is 11.6 Å². The molecule has 0 radical (unpaired) electrons. The SMILES string of the molecule is COc1cc2c(cc1OCc1cc(N)cc(COCCC(=O)N3C[C@@H](CCl)c4c3cc(N)c3ccccc43)c1)N=C[C@@H]1Cc3ccccc3CN1C2=O. The van der Waals surface area contributed by atoms with Gasteiger partial charge in [0, 0.05) is 59.6 Å². The summed E-state index contributed by atoms with van der Waals surface area (Å²) < 4.78 is 17.9. The zero-order chi connectivity index (χ0) is 36.6. The second-order valence-electron chi connectivity index (χ2n) is 13.7. The van der Waals surface area contributed by atoms with Crippen LogP contribution < -0.4 is 25.8 Å². The number of carbonyl (C=O) groups excluding carboxylic acids is 2. The van der Waals surface area contributed by atoms with Gasteiger partial charge in [0.2, 0.25) is 5.91 Å². The predicted molar refractivity (Wildman–Crippen MR) is 209 cm³/mol. The number of nitrogens with zero attached hydrogens (tertiary/aromatic N) is 3. The molecule has 0 spiro atoms. The minimum absolute atomic E-state index is 0.0248. The second kappa shape index (κ2) is 14.4. The molecule has 11 heteroatoms. The van der Waals surface area contributed by atoms with Gasteiger partial charge in [0.05, 0.1) is 44.0 Å². The van der Waals surface area contributed by atoms with E-state index in [0.29, 0.717) is 59.5 Å². The molecule has 0 unspecified atom stereocenters. The highest BCUT2D eigenvalue weighted by atomic mass is 35.5. The van der Waals surface area contributed by atoms with Gasteiger partial charge in [-0.05, 0) is 70.0 Å². The Morgan fingerprint density at radius 3 is 2.47 bits per heavy atom. The number of carbonyl (C=O) groups is 2. The number of hydrogen-bond acceptors (Lipinski definition) is 8. The molecule has 0 aliphatic carbocycles. The van der Waals surface area contributed by atoms with Crippen molar-refractivity contribution in [3.8, 4) is 11.5 Å². The zero-order valence-electron chi connectivity index (χ0n) is 29.4. The summed E-state index contributed by atoms with van der Waals surface area (Å²) in [4.78, 5) is 35.6. The summed E-state index contributed by atoms with van der Waals surface area (Å²) in [6.45, 7) is 1.73. The molecule has 5 aromatic carbocycles. The third-order valence-corrected chi connectivity index (χ3v) is 10.7. The largest absolute Gasteiger partial charge is 0.493 e. The van der Waals surface area contributed by atoms with E-state index in [4.69, 9.17) is 42.3 Å². The Kier molecular flexibility index (Phi) is 9.40. The van der Waals surface area contributed by atoms with Crippen LogP contribution in [0.1, 0.15) is 50.5 Å². The standard InChI is InChI=1S/C42H40ClN5O5/c1-51-38-16-34-36(46-20-31-15-27-6-2-3-7-28(27)21-47(31)42(34)50)18-39(38)53-24-26-12-25(13-30(44)14-26)23-52-11-10-40(49)48-22-29(19-43)41-33-9-5-4-8-32(33)35(45)17-37(41)48/h2-9,12-14,16-18,20,29,31H,10-11,15,19,21-24,44-45H2,1H3/t29-,31+/m1/s1. The number of amides is 2. The van der Waals surface area contributed by atoms with Gasteiger partial charge in [-0.25, -0.2) is 0 Å². The number of fused-ring (bicyclic) bond motifs is 6. The van der Waals surface area contributed by atoms with Crippen LogP contribution in [0.2, 0.25) is 0 Å². The maximum atomic E-state index is 13.8. The van der Waals surface area contributed by atoms with Crippen molar-refractivity contribution < 1.29 is 23.8 Å². The number of hydrogen-bond donors (Lipinski definition) is 2. The fraction of sp³-hybridized carbons (Fsp3) is 0.262. The summed E-state index contributed by atoms with van der Waals surface area (Å²) in [5, 5.41) is 2.00. The first-order chi connectivity index (χ1) is 25.8. The summed E-state index contributed by atoms with van der Waals surface area (Å²) in [7, 11) is 1.55. The molecule has 10 nitrogen and oxygen atoms in total. The van der Waals surface area contributed by atoms with E-state index in [0.717, 1.165) is 38.7 Å². The number of benzene rings is 5. The van der Waals surface area contributed by atoms with E-state index in [-0.39, 0.29) is 50.0 Å². The number of aliphatic imine (C=N–C) groups is 1. The fourth-order valence-electron chi connectivity index (χ4n) is 7.76. The lowest BCUT2D eigenvalue weighted by molar-refractivity contribution is -0.119. The van der Waals surface area contributed by atoms with E-state index in [2.05, 4.69) is 12.1 Å².